The van der Waals surface area contributed by atoms with Crippen LogP contribution in [0.1, 0.15) is 40.5 Å². The number of Topliss-reactive ketones (excluding diaryl/α,β-unsaturated/α-hetero) is 1. The number of rotatable bonds is 3. The molecule has 0 aliphatic heterocycles. The number of hydrogen-bond donors (Lipinski definition) is 1. The lowest BCUT2D eigenvalue weighted by atomic mass is 9.72. The van der Waals surface area contributed by atoms with E-state index in [9.17, 15) is 4.79 Å². The number of aliphatic hydroxyl groups is 1. The molecule has 2 heteroatoms. The van der Waals surface area contributed by atoms with Gasteiger partial charge in [0.05, 0.1) is 6.61 Å². The third-order valence-corrected chi connectivity index (χ3v) is 3.45. The molecule has 0 radical (unpaired) electrons. The van der Waals surface area contributed by atoms with Gasteiger partial charge in [-0.15, -0.1) is 0 Å². The van der Waals surface area contributed by atoms with Crippen LogP contribution in [0.5, 0.6) is 0 Å². The zero-order valence-corrected chi connectivity index (χ0v) is 11.2. The molecule has 1 aliphatic rings. The molecule has 1 aliphatic carbocycles. The molecule has 0 saturated heterocycles. The predicted octanol–water partition coefficient (Wildman–Crippen LogP) is 3.19. The van der Waals surface area contributed by atoms with E-state index in [1.54, 1.807) is 6.08 Å². The van der Waals surface area contributed by atoms with Gasteiger partial charge in [0.25, 0.3) is 0 Å². The summed E-state index contributed by atoms with van der Waals surface area (Å²) in [6, 6.07) is 0. The Bertz CT molecular complexity index is 395. The van der Waals surface area contributed by atoms with Crippen LogP contribution in [0.2, 0.25) is 0 Å². The molecular formula is C15H22O2. The van der Waals surface area contributed by atoms with Crippen molar-refractivity contribution < 1.29 is 9.90 Å². The first-order valence-electron chi connectivity index (χ1n) is 6.09. The molecule has 1 rings (SSSR count). The first-order chi connectivity index (χ1) is 7.88. The molecule has 0 aromatic carbocycles. The summed E-state index contributed by atoms with van der Waals surface area (Å²) in [5.74, 6) is 0.257. The van der Waals surface area contributed by atoms with Gasteiger partial charge in [-0.2, -0.15) is 0 Å². The second-order valence-electron chi connectivity index (χ2n) is 5.31. The minimum absolute atomic E-state index is 0.0521. The Kier molecular flexibility index (Phi) is 4.47. The number of hydrogen-bond acceptors (Lipinski definition) is 2. The van der Waals surface area contributed by atoms with Gasteiger partial charge in [0, 0.05) is 6.42 Å². The third-order valence-electron chi connectivity index (χ3n) is 3.45. The molecule has 0 fully saturated rings. The summed E-state index contributed by atoms with van der Waals surface area (Å²) >= 11 is 0. The summed E-state index contributed by atoms with van der Waals surface area (Å²) in [6.45, 7) is 8.26. The minimum Gasteiger partial charge on any atom is -0.392 e. The highest BCUT2D eigenvalue weighted by Crippen LogP contribution is 2.39. The van der Waals surface area contributed by atoms with E-state index < -0.39 is 0 Å². The van der Waals surface area contributed by atoms with Crippen LogP contribution in [-0.2, 0) is 4.79 Å². The average molecular weight is 234 g/mol. The van der Waals surface area contributed by atoms with Crippen LogP contribution < -0.4 is 0 Å². The molecule has 0 aromatic heterocycles. The molecule has 0 spiro atoms. The Labute approximate surface area is 104 Å². The van der Waals surface area contributed by atoms with Crippen LogP contribution in [0.15, 0.2) is 34.9 Å². The second-order valence-corrected chi connectivity index (χ2v) is 5.31. The van der Waals surface area contributed by atoms with E-state index in [1.807, 2.05) is 26.0 Å². The topological polar surface area (TPSA) is 37.3 Å². The van der Waals surface area contributed by atoms with Crippen molar-refractivity contribution in [3.05, 3.63) is 34.9 Å². The van der Waals surface area contributed by atoms with Crippen molar-refractivity contribution in [2.45, 2.75) is 40.5 Å². The third kappa shape index (κ3) is 3.40. The van der Waals surface area contributed by atoms with Crippen molar-refractivity contribution >= 4 is 5.78 Å². The maximum absolute atomic E-state index is 11.7. The number of allylic oxidation sites excluding steroid dienone is 5. The van der Waals surface area contributed by atoms with Crippen molar-refractivity contribution in [3.8, 4) is 0 Å². The predicted molar refractivity (Wildman–Crippen MR) is 70.7 cm³/mol. The maximum atomic E-state index is 11.7. The highest BCUT2D eigenvalue weighted by molar-refractivity contribution is 5.97. The van der Waals surface area contributed by atoms with Gasteiger partial charge in [0.2, 0.25) is 0 Å². The Hall–Kier alpha value is -1.15. The van der Waals surface area contributed by atoms with Crippen LogP contribution in [-0.4, -0.2) is 17.5 Å². The monoisotopic (exact) mass is 234 g/mol. The quantitative estimate of drug-likeness (QED) is 0.761. The maximum Gasteiger partial charge on any atom is 0.158 e. The summed E-state index contributed by atoms with van der Waals surface area (Å²) in [6.07, 6.45) is 7.31. The molecule has 0 unspecified atom stereocenters. The highest BCUT2D eigenvalue weighted by Gasteiger charge is 2.30. The standard InChI is InChI=1S/C15H22O2/c1-11(8-10-16)5-6-13-12(2)14(17)7-9-15(13,3)4/h5-6,8,16H,7,9-10H2,1-4H3/b6-5+,11-8+. The molecule has 0 amide bonds. The molecule has 1 N–H and O–H groups in total. The average Bonchev–Trinajstić information content (AvgIpc) is 2.24. The van der Waals surface area contributed by atoms with Crippen LogP contribution in [0, 0.1) is 5.41 Å². The van der Waals surface area contributed by atoms with Gasteiger partial charge in [-0.25, -0.2) is 0 Å². The fourth-order valence-corrected chi connectivity index (χ4v) is 2.18. The minimum atomic E-state index is 0.0521. The van der Waals surface area contributed by atoms with Crippen LogP contribution in [0.4, 0.5) is 0 Å². The number of ketones is 1. The summed E-state index contributed by atoms with van der Waals surface area (Å²) < 4.78 is 0. The first-order valence-corrected chi connectivity index (χ1v) is 6.09. The molecule has 2 nitrogen and oxygen atoms in total. The van der Waals surface area contributed by atoms with Crippen molar-refractivity contribution in [3.63, 3.8) is 0 Å². The summed E-state index contributed by atoms with van der Waals surface area (Å²) in [5.41, 5.74) is 3.09. The fourth-order valence-electron chi connectivity index (χ4n) is 2.18. The van der Waals surface area contributed by atoms with E-state index in [0.717, 1.165) is 23.1 Å². The van der Waals surface area contributed by atoms with Crippen LogP contribution in [0.25, 0.3) is 0 Å². The number of aliphatic hydroxyl groups excluding tert-OH is 1. The van der Waals surface area contributed by atoms with Gasteiger partial charge >= 0.3 is 0 Å². The second kappa shape index (κ2) is 5.46. The van der Waals surface area contributed by atoms with Gasteiger partial charge in [-0.1, -0.05) is 37.6 Å². The lowest BCUT2D eigenvalue weighted by Crippen LogP contribution is -2.24. The molecule has 0 bridgehead atoms. The Balaban J connectivity index is 3.04. The molecule has 0 heterocycles. The van der Waals surface area contributed by atoms with Gasteiger partial charge in [-0.05, 0) is 36.8 Å². The van der Waals surface area contributed by atoms with Crippen molar-refractivity contribution in [1.82, 2.24) is 0 Å². The van der Waals surface area contributed by atoms with Gasteiger partial charge in [-0.3, -0.25) is 4.79 Å². The van der Waals surface area contributed by atoms with E-state index in [4.69, 9.17) is 5.11 Å². The fraction of sp³-hybridized carbons (Fsp3) is 0.533. The van der Waals surface area contributed by atoms with Crippen LogP contribution in [0.3, 0.4) is 0 Å². The number of carbonyl (C=O) groups excluding carboxylic acids is 1. The van der Waals surface area contributed by atoms with E-state index in [1.165, 1.54) is 0 Å². The molecule has 0 saturated carbocycles. The SMILES string of the molecule is CC1=C(/C=C/C(C)=C/CO)C(C)(C)CCC1=O. The van der Waals surface area contributed by atoms with E-state index in [0.29, 0.717) is 6.42 Å². The lowest BCUT2D eigenvalue weighted by Gasteiger charge is -2.32. The zero-order chi connectivity index (χ0) is 13.1. The van der Waals surface area contributed by atoms with E-state index in [2.05, 4.69) is 13.8 Å². The van der Waals surface area contributed by atoms with Gasteiger partial charge < -0.3 is 5.11 Å². The Morgan fingerprint density at radius 3 is 2.71 bits per heavy atom. The van der Waals surface area contributed by atoms with Gasteiger partial charge in [0.15, 0.2) is 5.78 Å². The van der Waals surface area contributed by atoms with E-state index >= 15 is 0 Å². The molecule has 94 valence electrons. The zero-order valence-electron chi connectivity index (χ0n) is 11.2. The highest BCUT2D eigenvalue weighted by atomic mass is 16.2. The molecule has 0 aromatic rings. The van der Waals surface area contributed by atoms with Crippen LogP contribution >= 0.6 is 0 Å². The Morgan fingerprint density at radius 1 is 1.47 bits per heavy atom. The smallest absolute Gasteiger partial charge is 0.158 e. The molecule has 0 atom stereocenters. The largest absolute Gasteiger partial charge is 0.392 e. The molecule has 17 heavy (non-hydrogen) atoms. The summed E-state index contributed by atoms with van der Waals surface area (Å²) in [5, 5.41) is 8.79. The normalized spacial score (nSPS) is 21.5. The van der Waals surface area contributed by atoms with Gasteiger partial charge in [0.1, 0.15) is 0 Å². The summed E-state index contributed by atoms with van der Waals surface area (Å²) in [7, 11) is 0. The number of carbonyl (C=O) groups is 1. The van der Waals surface area contributed by atoms with Crippen molar-refractivity contribution in [2.24, 2.45) is 5.41 Å². The first kappa shape index (κ1) is 13.9. The Morgan fingerprint density at radius 2 is 2.12 bits per heavy atom. The summed E-state index contributed by atoms with van der Waals surface area (Å²) in [4.78, 5) is 11.7. The van der Waals surface area contributed by atoms with Crippen molar-refractivity contribution in [2.75, 3.05) is 6.61 Å². The lowest BCUT2D eigenvalue weighted by molar-refractivity contribution is -0.116. The van der Waals surface area contributed by atoms with E-state index in [-0.39, 0.29) is 17.8 Å². The molecular weight excluding hydrogens is 212 g/mol. The van der Waals surface area contributed by atoms with Crippen molar-refractivity contribution in [1.29, 1.82) is 0 Å².